The van der Waals surface area contributed by atoms with E-state index >= 15 is 0 Å². The molecule has 1 fully saturated rings. The van der Waals surface area contributed by atoms with Gasteiger partial charge < -0.3 is 20.2 Å². The molecular weight excluding hydrogens is 289 g/mol. The number of hydrazine groups is 1. The van der Waals surface area contributed by atoms with Gasteiger partial charge in [0.05, 0.1) is 30.9 Å². The van der Waals surface area contributed by atoms with E-state index in [0.717, 1.165) is 12.1 Å². The van der Waals surface area contributed by atoms with Gasteiger partial charge >= 0.3 is 6.18 Å². The largest absolute Gasteiger partial charge is 0.416 e. The zero-order valence-corrected chi connectivity index (χ0v) is 11.4. The van der Waals surface area contributed by atoms with Crippen molar-refractivity contribution in [3.63, 3.8) is 0 Å². The van der Waals surface area contributed by atoms with Gasteiger partial charge in [0.2, 0.25) is 0 Å². The molecule has 1 aliphatic rings. The summed E-state index contributed by atoms with van der Waals surface area (Å²) in [6.07, 6.45) is -4.94. The minimum absolute atomic E-state index is 0.0703. The fourth-order valence-corrected chi connectivity index (χ4v) is 2.15. The predicted molar refractivity (Wildman–Crippen MR) is 70.7 cm³/mol. The van der Waals surface area contributed by atoms with Crippen molar-refractivity contribution in [1.82, 2.24) is 4.98 Å². The Balaban J connectivity index is 2.37. The summed E-state index contributed by atoms with van der Waals surface area (Å²) in [7, 11) is 0. The zero-order chi connectivity index (χ0) is 15.6. The van der Waals surface area contributed by atoms with Gasteiger partial charge in [-0.25, -0.2) is 10.8 Å². The molecule has 2 heterocycles. The van der Waals surface area contributed by atoms with Crippen LogP contribution in [0.3, 0.4) is 0 Å². The summed E-state index contributed by atoms with van der Waals surface area (Å²) in [5.41, 5.74) is 1.31. The number of aliphatic hydroxyl groups is 1. The molecular formula is C12H17F3N4O2. The van der Waals surface area contributed by atoms with Crippen molar-refractivity contribution in [2.45, 2.75) is 25.2 Å². The van der Waals surface area contributed by atoms with Crippen LogP contribution in [0.2, 0.25) is 0 Å². The van der Waals surface area contributed by atoms with Gasteiger partial charge in [0.1, 0.15) is 11.6 Å². The van der Waals surface area contributed by atoms with Crippen LogP contribution in [0.1, 0.15) is 12.5 Å². The molecule has 0 radical (unpaired) electrons. The summed E-state index contributed by atoms with van der Waals surface area (Å²) in [5.74, 6) is 5.26. The minimum Gasteiger partial charge on any atom is -0.394 e. The van der Waals surface area contributed by atoms with Crippen LogP contribution in [0.5, 0.6) is 0 Å². The van der Waals surface area contributed by atoms with Crippen LogP contribution in [0.15, 0.2) is 12.1 Å². The number of pyridine rings is 1. The lowest BCUT2D eigenvalue weighted by molar-refractivity contribution is -0.137. The fraction of sp³-hybridized carbons (Fsp3) is 0.583. The third-order valence-electron chi connectivity index (χ3n) is 3.29. The van der Waals surface area contributed by atoms with Gasteiger partial charge in [0.25, 0.3) is 0 Å². The summed E-state index contributed by atoms with van der Waals surface area (Å²) in [4.78, 5) is 5.73. The monoisotopic (exact) mass is 306 g/mol. The summed E-state index contributed by atoms with van der Waals surface area (Å²) in [6.45, 7) is 2.17. The first kappa shape index (κ1) is 15.8. The number of hydrogen-bond donors (Lipinski definition) is 3. The van der Waals surface area contributed by atoms with Gasteiger partial charge in [0, 0.05) is 6.54 Å². The number of halogens is 3. The lowest BCUT2D eigenvalue weighted by atomic mass is 10.1. The molecule has 0 amide bonds. The van der Waals surface area contributed by atoms with E-state index in [2.05, 4.69) is 10.4 Å². The van der Waals surface area contributed by atoms with Crippen molar-refractivity contribution < 1.29 is 23.0 Å². The highest BCUT2D eigenvalue weighted by Crippen LogP contribution is 2.33. The third-order valence-corrected chi connectivity index (χ3v) is 3.29. The Bertz CT molecular complexity index is 498. The first-order valence-electron chi connectivity index (χ1n) is 6.40. The maximum absolute atomic E-state index is 12.9. The van der Waals surface area contributed by atoms with Gasteiger partial charge in [-0.2, -0.15) is 13.2 Å². The van der Waals surface area contributed by atoms with Crippen molar-refractivity contribution in [1.29, 1.82) is 0 Å². The molecule has 0 bridgehead atoms. The Morgan fingerprint density at radius 1 is 1.52 bits per heavy atom. The molecule has 6 nitrogen and oxygen atoms in total. The van der Waals surface area contributed by atoms with Crippen LogP contribution in [0.25, 0.3) is 0 Å². The van der Waals surface area contributed by atoms with Crippen molar-refractivity contribution in [2.24, 2.45) is 5.84 Å². The van der Waals surface area contributed by atoms with E-state index in [4.69, 9.17) is 15.7 Å². The van der Waals surface area contributed by atoms with E-state index in [-0.39, 0.29) is 30.8 Å². The minimum atomic E-state index is -4.49. The third kappa shape index (κ3) is 3.55. The number of nitrogens with one attached hydrogen (secondary N) is 1. The number of rotatable bonds is 3. The van der Waals surface area contributed by atoms with Crippen molar-refractivity contribution in [3.05, 3.63) is 17.7 Å². The maximum Gasteiger partial charge on any atom is 0.416 e. The summed E-state index contributed by atoms with van der Waals surface area (Å²) in [5, 5.41) is 9.14. The van der Waals surface area contributed by atoms with Crippen molar-refractivity contribution in [2.75, 3.05) is 30.1 Å². The van der Waals surface area contributed by atoms with E-state index in [1.807, 2.05) is 6.92 Å². The van der Waals surface area contributed by atoms with Gasteiger partial charge in [-0.3, -0.25) is 0 Å². The lowest BCUT2D eigenvalue weighted by Gasteiger charge is -2.38. The number of aliphatic hydroxyl groups excluding tert-OH is 1. The second-order valence-electron chi connectivity index (χ2n) is 4.88. The van der Waals surface area contributed by atoms with E-state index in [9.17, 15) is 13.2 Å². The van der Waals surface area contributed by atoms with E-state index in [0.29, 0.717) is 6.61 Å². The Kier molecular flexibility index (Phi) is 4.55. The molecule has 1 saturated heterocycles. The Labute approximate surface area is 119 Å². The van der Waals surface area contributed by atoms with Crippen LogP contribution in [-0.2, 0) is 10.9 Å². The summed E-state index contributed by atoms with van der Waals surface area (Å²) >= 11 is 0. The van der Waals surface area contributed by atoms with Gasteiger partial charge in [0.15, 0.2) is 0 Å². The number of morpholine rings is 1. The summed E-state index contributed by atoms with van der Waals surface area (Å²) in [6, 6.07) is 1.66. The normalized spacial score (nSPS) is 23.2. The molecule has 0 aliphatic carbocycles. The SMILES string of the molecule is CC1COC(CO)CN1c1cc(C(F)(F)F)cc(NN)n1. The molecule has 0 aromatic carbocycles. The van der Waals surface area contributed by atoms with Gasteiger partial charge in [-0.05, 0) is 19.1 Å². The van der Waals surface area contributed by atoms with Gasteiger partial charge in [-0.1, -0.05) is 0 Å². The highest BCUT2D eigenvalue weighted by Gasteiger charge is 2.34. The second kappa shape index (κ2) is 6.04. The van der Waals surface area contributed by atoms with E-state index in [1.54, 1.807) is 4.90 Å². The molecule has 2 atom stereocenters. The number of nitrogens with zero attached hydrogens (tertiary/aromatic N) is 2. The topological polar surface area (TPSA) is 83.6 Å². The highest BCUT2D eigenvalue weighted by atomic mass is 19.4. The van der Waals surface area contributed by atoms with Crippen LogP contribution >= 0.6 is 0 Å². The molecule has 2 rings (SSSR count). The Morgan fingerprint density at radius 3 is 2.81 bits per heavy atom. The maximum atomic E-state index is 12.9. The Hall–Kier alpha value is -1.58. The molecule has 1 aliphatic heterocycles. The molecule has 21 heavy (non-hydrogen) atoms. The average Bonchev–Trinajstić information content (AvgIpc) is 2.46. The van der Waals surface area contributed by atoms with Crippen LogP contribution < -0.4 is 16.2 Å². The number of ether oxygens (including phenoxy) is 1. The molecule has 2 unspecified atom stereocenters. The van der Waals surface area contributed by atoms with Crippen molar-refractivity contribution >= 4 is 11.6 Å². The lowest BCUT2D eigenvalue weighted by Crippen LogP contribution is -2.50. The molecule has 9 heteroatoms. The molecule has 0 saturated carbocycles. The van der Waals surface area contributed by atoms with E-state index < -0.39 is 17.8 Å². The van der Waals surface area contributed by atoms with Crippen molar-refractivity contribution in [3.8, 4) is 0 Å². The number of aromatic nitrogens is 1. The van der Waals surface area contributed by atoms with Crippen LogP contribution in [-0.4, -0.2) is 42.0 Å². The predicted octanol–water partition coefficient (Wildman–Crippen LogP) is 0.972. The number of nitrogen functional groups attached to an aromatic ring is 1. The first-order chi connectivity index (χ1) is 9.85. The molecule has 4 N–H and O–H groups in total. The van der Waals surface area contributed by atoms with E-state index in [1.165, 1.54) is 0 Å². The standard InChI is InChI=1S/C12H17F3N4O2/c1-7-6-21-9(5-20)4-19(7)11-3-8(12(13,14)15)2-10(17-11)18-16/h2-3,7,9,20H,4-6,16H2,1H3,(H,17,18). The smallest absolute Gasteiger partial charge is 0.394 e. The Morgan fingerprint density at radius 2 is 2.24 bits per heavy atom. The number of anilines is 2. The first-order valence-corrected chi connectivity index (χ1v) is 6.40. The number of hydrogen-bond acceptors (Lipinski definition) is 6. The molecule has 1 aromatic heterocycles. The molecule has 1 aromatic rings. The molecule has 0 spiro atoms. The van der Waals surface area contributed by atoms with Crippen LogP contribution in [0.4, 0.5) is 24.8 Å². The highest BCUT2D eigenvalue weighted by molar-refractivity contribution is 5.51. The molecule has 118 valence electrons. The fourth-order valence-electron chi connectivity index (χ4n) is 2.15. The summed E-state index contributed by atoms with van der Waals surface area (Å²) < 4.78 is 44.1. The second-order valence-corrected chi connectivity index (χ2v) is 4.88. The van der Waals surface area contributed by atoms with Crippen LogP contribution in [0, 0.1) is 0 Å². The average molecular weight is 306 g/mol. The van der Waals surface area contributed by atoms with Gasteiger partial charge in [-0.15, -0.1) is 0 Å². The zero-order valence-electron chi connectivity index (χ0n) is 11.4. The quantitative estimate of drug-likeness (QED) is 0.570. The number of nitrogens with two attached hydrogens (primary N) is 1. The number of alkyl halides is 3.